The van der Waals surface area contributed by atoms with E-state index in [0.717, 1.165) is 0 Å². The Balaban J connectivity index is 0. The van der Waals surface area contributed by atoms with Gasteiger partial charge in [0.15, 0.2) is 0 Å². The predicted molar refractivity (Wildman–Crippen MR) is 0 cm³/mol. The van der Waals surface area contributed by atoms with Crippen molar-refractivity contribution in [2.24, 2.45) is 0 Å². The fraction of sp³-hybridized carbons (Fsp3) is 0. The molecule has 0 aliphatic heterocycles. The maximum atomic E-state index is 0. The van der Waals surface area contributed by atoms with Crippen LogP contribution in [0.2, 0.25) is 0 Å². The van der Waals surface area contributed by atoms with Crippen molar-refractivity contribution in [2.45, 2.75) is 0 Å². The Kier molecular flexibility index (Phi) is 247. The van der Waals surface area contributed by atoms with Gasteiger partial charge in [-0.05, 0) is 0 Å². The fourth-order valence-electron chi connectivity index (χ4n) is 0. The Labute approximate surface area is 92.8 Å². The molecule has 0 saturated heterocycles. The normalized spacial score (nSPS) is 0. The molecule has 5 heteroatoms. The minimum atomic E-state index is 0. The third-order valence-corrected chi connectivity index (χ3v) is 0. The first-order valence-electron chi connectivity index (χ1n) is 0. The van der Waals surface area contributed by atoms with Gasteiger partial charge < -0.3 is 0 Å². The molecule has 0 amide bonds. The number of rotatable bonds is 0. The van der Waals surface area contributed by atoms with Crippen molar-refractivity contribution in [1.82, 2.24) is 0 Å². The van der Waals surface area contributed by atoms with Gasteiger partial charge in [-0.25, -0.2) is 0 Å². The molecule has 35 valence electrons. The van der Waals surface area contributed by atoms with Crippen LogP contribution in [0.3, 0.4) is 0 Å². The van der Waals surface area contributed by atoms with Gasteiger partial charge in [0.05, 0.1) is 0 Å². The summed E-state index contributed by atoms with van der Waals surface area (Å²) in [5.74, 6) is 0. The average molecular weight is 315 g/mol. The van der Waals surface area contributed by atoms with E-state index in [9.17, 15) is 0 Å². The van der Waals surface area contributed by atoms with Gasteiger partial charge in [0.25, 0.3) is 0 Å². The van der Waals surface area contributed by atoms with E-state index in [4.69, 9.17) is 0 Å². The molecule has 0 unspecified atom stereocenters. The zero-order valence-corrected chi connectivity index (χ0v) is 8.86. The van der Waals surface area contributed by atoms with E-state index in [2.05, 4.69) is 0 Å². The summed E-state index contributed by atoms with van der Waals surface area (Å²) in [7, 11) is 0. The van der Waals surface area contributed by atoms with Crippen LogP contribution in [0.4, 0.5) is 0 Å². The number of hydrogen-bond acceptors (Lipinski definition) is 0. The van der Waals surface area contributed by atoms with Crippen LogP contribution in [-0.2, 0) is 94.3 Å². The quantitative estimate of drug-likeness (QED) is 0.552. The monoisotopic (exact) mass is 317 g/mol. The van der Waals surface area contributed by atoms with Crippen LogP contribution in [-0.4, -0.2) is 0 Å². The Morgan fingerprint density at radius 1 is 1.00 bits per heavy atom. The van der Waals surface area contributed by atoms with Gasteiger partial charge in [-0.15, -0.1) is 0 Å². The van der Waals surface area contributed by atoms with Gasteiger partial charge in [0, 0.05) is 94.3 Å². The minimum Gasteiger partial charge on any atom is 0 e. The second-order valence-corrected chi connectivity index (χ2v) is 0. The average Bonchev–Trinajstić information content (AvgIpc) is 0. The first-order chi connectivity index (χ1) is 0. The maximum absolute atomic E-state index is 0. The first kappa shape index (κ1) is 43.8. The Morgan fingerprint density at radius 2 is 1.00 bits per heavy atom. The Bertz CT molecular complexity index is 11.6. The minimum absolute atomic E-state index is 0. The van der Waals surface area contributed by atoms with E-state index in [1.165, 1.54) is 0 Å². The molecule has 0 bridgehead atoms. The van der Waals surface area contributed by atoms with Crippen molar-refractivity contribution in [3.8, 4) is 0 Å². The van der Waals surface area contributed by atoms with Gasteiger partial charge >= 0.3 is 0 Å². The summed E-state index contributed by atoms with van der Waals surface area (Å²) < 4.78 is 0. The predicted octanol–water partition coefficient (Wildman–Crippen LogP) is -0.0125. The Hall–Kier alpha value is 2.97. The zero-order chi connectivity index (χ0) is 0. The van der Waals surface area contributed by atoms with Gasteiger partial charge in [-0.1, -0.05) is 0 Å². The molecular weight excluding hydrogens is 315 g/mol. The van der Waals surface area contributed by atoms with Crippen LogP contribution in [0.5, 0.6) is 0 Å². The molecule has 0 nitrogen and oxygen atoms in total. The molecule has 0 saturated carbocycles. The molecule has 0 aromatic heterocycles. The van der Waals surface area contributed by atoms with Gasteiger partial charge in [0.2, 0.25) is 0 Å². The van der Waals surface area contributed by atoms with Crippen molar-refractivity contribution in [2.75, 3.05) is 0 Å². The summed E-state index contributed by atoms with van der Waals surface area (Å²) in [6, 6.07) is 0. The van der Waals surface area contributed by atoms with Crippen molar-refractivity contribution in [3.63, 3.8) is 0 Å². The van der Waals surface area contributed by atoms with Crippen LogP contribution >= 0.6 is 0 Å². The van der Waals surface area contributed by atoms with Crippen LogP contribution in [0.1, 0.15) is 0 Å². The summed E-state index contributed by atoms with van der Waals surface area (Å²) in [5, 5.41) is 0. The molecule has 1 radical (unpaired) electrons. The third-order valence-electron chi connectivity index (χ3n) is 0. The first-order valence-corrected chi connectivity index (χ1v) is 0. The molecule has 0 atom stereocenters. The smallest absolute Gasteiger partial charge is 0 e. The summed E-state index contributed by atoms with van der Waals surface area (Å²) >= 11 is 0. The molecule has 5 heavy (non-hydrogen) atoms. The van der Waals surface area contributed by atoms with Crippen molar-refractivity contribution < 1.29 is 94.3 Å². The molecule has 0 heterocycles. The summed E-state index contributed by atoms with van der Waals surface area (Å²) in [6.45, 7) is 0. The van der Waals surface area contributed by atoms with Gasteiger partial charge in [-0.2, -0.15) is 0 Å². The standard InChI is InChI=1S/Cr.Cu.Fe.Mo.Ti. The van der Waals surface area contributed by atoms with Crippen molar-refractivity contribution >= 4 is 0 Å². The third kappa shape index (κ3) is 19.5. The molecular formula is CrCuFeMoTi. The molecule has 0 rings (SSSR count). The van der Waals surface area contributed by atoms with Crippen molar-refractivity contribution in [3.05, 3.63) is 0 Å². The van der Waals surface area contributed by atoms with E-state index in [0.29, 0.717) is 0 Å². The van der Waals surface area contributed by atoms with E-state index in [1.54, 1.807) is 0 Å². The molecule has 0 aromatic carbocycles. The molecule has 0 fully saturated rings. The second-order valence-electron chi connectivity index (χ2n) is 0. The van der Waals surface area contributed by atoms with Crippen LogP contribution in [0.15, 0.2) is 0 Å². The molecule has 0 aromatic rings. The van der Waals surface area contributed by atoms with Crippen LogP contribution in [0, 0.1) is 0 Å². The van der Waals surface area contributed by atoms with Crippen LogP contribution < -0.4 is 0 Å². The largest absolute Gasteiger partial charge is 0 e. The molecule has 0 spiro atoms. The summed E-state index contributed by atoms with van der Waals surface area (Å²) in [5.41, 5.74) is 0. The topological polar surface area (TPSA) is 0 Å². The zero-order valence-electron chi connectivity index (χ0n) is 1.97. The maximum Gasteiger partial charge on any atom is 0 e. The van der Waals surface area contributed by atoms with Crippen molar-refractivity contribution in [1.29, 1.82) is 0 Å². The second kappa shape index (κ2) is 28.1. The van der Waals surface area contributed by atoms with E-state index in [1.807, 2.05) is 0 Å². The molecule has 0 N–H and O–H groups in total. The summed E-state index contributed by atoms with van der Waals surface area (Å²) in [6.07, 6.45) is 0. The van der Waals surface area contributed by atoms with E-state index < -0.39 is 0 Å². The van der Waals surface area contributed by atoms with Gasteiger partial charge in [0.1, 0.15) is 0 Å². The Morgan fingerprint density at radius 3 is 1.00 bits per heavy atom. The molecule has 0 aliphatic carbocycles. The summed E-state index contributed by atoms with van der Waals surface area (Å²) in [4.78, 5) is 0. The molecule has 0 aliphatic rings. The SMILES string of the molecule is [Cr].[Cu].[Fe].[Mo].[Ti]. The van der Waals surface area contributed by atoms with Crippen LogP contribution in [0.25, 0.3) is 0 Å². The van der Waals surface area contributed by atoms with E-state index in [-0.39, 0.29) is 94.3 Å². The van der Waals surface area contributed by atoms with E-state index >= 15 is 0 Å². The fourth-order valence-corrected chi connectivity index (χ4v) is 0. The van der Waals surface area contributed by atoms with Gasteiger partial charge in [-0.3, -0.25) is 0 Å². The number of hydrogen-bond donors (Lipinski definition) is 0.